The van der Waals surface area contributed by atoms with E-state index in [1.165, 1.54) is 0 Å². The molecule has 5 heteroatoms. The number of aromatic amines is 1. The summed E-state index contributed by atoms with van der Waals surface area (Å²) in [5.74, 6) is 0. The van der Waals surface area contributed by atoms with Crippen LogP contribution < -0.4 is 5.32 Å². The predicted molar refractivity (Wildman–Crippen MR) is 68.3 cm³/mol. The van der Waals surface area contributed by atoms with Crippen LogP contribution in [0.15, 0.2) is 35.1 Å². The van der Waals surface area contributed by atoms with Crippen molar-refractivity contribution in [2.45, 2.75) is 13.1 Å². The normalized spacial score (nSPS) is 10.6. The van der Waals surface area contributed by atoms with E-state index in [1.807, 2.05) is 24.4 Å². The summed E-state index contributed by atoms with van der Waals surface area (Å²) in [5.41, 5.74) is 2.29. The monoisotopic (exact) mass is 299 g/mol. The van der Waals surface area contributed by atoms with Crippen LogP contribution in [-0.4, -0.2) is 10.2 Å². The first-order chi connectivity index (χ1) is 7.75. The number of hydrogen-bond donors (Lipinski definition) is 2. The van der Waals surface area contributed by atoms with Crippen molar-refractivity contribution in [3.63, 3.8) is 0 Å². The van der Waals surface area contributed by atoms with E-state index in [4.69, 9.17) is 11.6 Å². The minimum atomic E-state index is 0.753. The quantitative estimate of drug-likeness (QED) is 0.911. The van der Waals surface area contributed by atoms with Gasteiger partial charge in [0.25, 0.3) is 0 Å². The highest BCUT2D eigenvalue weighted by Crippen LogP contribution is 2.20. The molecule has 2 rings (SSSR count). The van der Waals surface area contributed by atoms with Crippen molar-refractivity contribution >= 4 is 27.5 Å². The molecular formula is C11H11BrClN3. The van der Waals surface area contributed by atoms with Crippen LogP contribution in [0.25, 0.3) is 0 Å². The third-order valence-corrected chi connectivity index (χ3v) is 3.22. The van der Waals surface area contributed by atoms with Gasteiger partial charge in [-0.2, -0.15) is 5.10 Å². The summed E-state index contributed by atoms with van der Waals surface area (Å²) in [4.78, 5) is 0. The number of aromatic nitrogens is 2. The first-order valence-corrected chi connectivity index (χ1v) is 6.05. The standard InChI is InChI=1S/C11H11BrClN3/c12-11-2-1-10(13)3-9(11)7-14-4-8-5-15-16-6-8/h1-3,5-6,14H,4,7H2,(H,15,16). The number of H-pyrrole nitrogens is 1. The van der Waals surface area contributed by atoms with Crippen molar-refractivity contribution in [1.82, 2.24) is 15.5 Å². The first kappa shape index (κ1) is 11.6. The molecule has 2 aromatic rings. The molecule has 3 nitrogen and oxygen atoms in total. The summed E-state index contributed by atoms with van der Waals surface area (Å²) in [6, 6.07) is 5.77. The van der Waals surface area contributed by atoms with E-state index < -0.39 is 0 Å². The minimum Gasteiger partial charge on any atom is -0.308 e. The van der Waals surface area contributed by atoms with Gasteiger partial charge in [-0.3, -0.25) is 5.10 Å². The molecule has 2 N–H and O–H groups in total. The lowest BCUT2D eigenvalue weighted by molar-refractivity contribution is 0.692. The summed E-state index contributed by atoms with van der Waals surface area (Å²) >= 11 is 9.42. The van der Waals surface area contributed by atoms with Gasteiger partial charge >= 0.3 is 0 Å². The molecule has 1 aromatic heterocycles. The Morgan fingerprint density at radius 1 is 1.38 bits per heavy atom. The molecule has 0 unspecified atom stereocenters. The molecule has 0 radical (unpaired) electrons. The third kappa shape index (κ3) is 3.07. The molecule has 0 aliphatic carbocycles. The molecule has 0 spiro atoms. The molecule has 0 bridgehead atoms. The number of nitrogens with zero attached hydrogens (tertiary/aromatic N) is 1. The lowest BCUT2D eigenvalue weighted by Crippen LogP contribution is -2.12. The minimum absolute atomic E-state index is 0.753. The number of nitrogens with one attached hydrogen (secondary N) is 2. The fraction of sp³-hybridized carbons (Fsp3) is 0.182. The maximum atomic E-state index is 5.93. The SMILES string of the molecule is Clc1ccc(Br)c(CNCc2cn[nH]c2)c1. The lowest BCUT2D eigenvalue weighted by Gasteiger charge is -2.06. The van der Waals surface area contributed by atoms with Crippen LogP contribution in [0.3, 0.4) is 0 Å². The average Bonchev–Trinajstić information content (AvgIpc) is 2.76. The van der Waals surface area contributed by atoms with Crippen LogP contribution in [0.4, 0.5) is 0 Å². The van der Waals surface area contributed by atoms with Crippen LogP contribution in [0.5, 0.6) is 0 Å². The van der Waals surface area contributed by atoms with E-state index in [-0.39, 0.29) is 0 Å². The van der Waals surface area contributed by atoms with Gasteiger partial charge in [-0.1, -0.05) is 27.5 Å². The zero-order valence-corrected chi connectivity index (χ0v) is 10.8. The summed E-state index contributed by atoms with van der Waals surface area (Å²) < 4.78 is 1.07. The topological polar surface area (TPSA) is 40.7 Å². The second kappa shape index (κ2) is 5.48. The summed E-state index contributed by atoms with van der Waals surface area (Å²) in [6.07, 6.45) is 3.68. The Morgan fingerprint density at radius 3 is 3.00 bits per heavy atom. The molecule has 0 aliphatic rings. The predicted octanol–water partition coefficient (Wildman–Crippen LogP) is 3.12. The van der Waals surface area contributed by atoms with Crippen LogP contribution in [-0.2, 0) is 13.1 Å². The molecule has 1 aromatic carbocycles. The Balaban J connectivity index is 1.92. The van der Waals surface area contributed by atoms with E-state index in [0.717, 1.165) is 33.7 Å². The van der Waals surface area contributed by atoms with Crippen molar-refractivity contribution in [2.24, 2.45) is 0 Å². The number of hydrogen-bond acceptors (Lipinski definition) is 2. The fourth-order valence-electron chi connectivity index (χ4n) is 1.39. The highest BCUT2D eigenvalue weighted by atomic mass is 79.9. The Bertz CT molecular complexity index is 456. The maximum absolute atomic E-state index is 5.93. The van der Waals surface area contributed by atoms with Gasteiger partial charge in [0.1, 0.15) is 0 Å². The van der Waals surface area contributed by atoms with Crippen LogP contribution in [0.2, 0.25) is 5.02 Å². The van der Waals surface area contributed by atoms with Gasteiger partial charge in [-0.05, 0) is 23.8 Å². The Hall–Kier alpha value is -0.840. The van der Waals surface area contributed by atoms with E-state index in [9.17, 15) is 0 Å². The zero-order valence-electron chi connectivity index (χ0n) is 8.50. The van der Waals surface area contributed by atoms with Crippen molar-refractivity contribution in [3.05, 3.63) is 51.2 Å². The van der Waals surface area contributed by atoms with Crippen LogP contribution in [0, 0.1) is 0 Å². The zero-order chi connectivity index (χ0) is 11.4. The highest BCUT2D eigenvalue weighted by Gasteiger charge is 2.01. The van der Waals surface area contributed by atoms with Gasteiger partial charge in [0.05, 0.1) is 6.20 Å². The molecular weight excluding hydrogens is 289 g/mol. The van der Waals surface area contributed by atoms with Crippen LogP contribution in [0.1, 0.15) is 11.1 Å². The summed E-state index contributed by atoms with van der Waals surface area (Å²) in [7, 11) is 0. The molecule has 0 amide bonds. The lowest BCUT2D eigenvalue weighted by atomic mass is 10.2. The third-order valence-electron chi connectivity index (χ3n) is 2.21. The molecule has 84 valence electrons. The molecule has 1 heterocycles. The van der Waals surface area contributed by atoms with Gasteiger partial charge in [0.2, 0.25) is 0 Å². The largest absolute Gasteiger partial charge is 0.308 e. The van der Waals surface area contributed by atoms with E-state index in [2.05, 4.69) is 31.4 Å². The van der Waals surface area contributed by atoms with Gasteiger partial charge < -0.3 is 5.32 Å². The van der Waals surface area contributed by atoms with Gasteiger partial charge in [-0.15, -0.1) is 0 Å². The van der Waals surface area contributed by atoms with Crippen LogP contribution >= 0.6 is 27.5 Å². The van der Waals surface area contributed by atoms with Gasteiger partial charge in [0, 0.05) is 34.3 Å². The number of rotatable bonds is 4. The van der Waals surface area contributed by atoms with Crippen molar-refractivity contribution in [3.8, 4) is 0 Å². The smallest absolute Gasteiger partial charge is 0.0532 e. The highest BCUT2D eigenvalue weighted by molar-refractivity contribution is 9.10. The van der Waals surface area contributed by atoms with E-state index >= 15 is 0 Å². The van der Waals surface area contributed by atoms with Crippen molar-refractivity contribution in [2.75, 3.05) is 0 Å². The molecule has 0 aliphatic heterocycles. The number of benzene rings is 1. The Labute approximate surface area is 107 Å². The van der Waals surface area contributed by atoms with E-state index in [0.29, 0.717) is 0 Å². The fourth-order valence-corrected chi connectivity index (χ4v) is 1.98. The second-order valence-electron chi connectivity index (χ2n) is 3.45. The summed E-state index contributed by atoms with van der Waals surface area (Å²) in [6.45, 7) is 1.56. The summed E-state index contributed by atoms with van der Waals surface area (Å²) in [5, 5.41) is 10.7. The van der Waals surface area contributed by atoms with Gasteiger partial charge in [-0.25, -0.2) is 0 Å². The second-order valence-corrected chi connectivity index (χ2v) is 4.74. The van der Waals surface area contributed by atoms with Crippen molar-refractivity contribution < 1.29 is 0 Å². The molecule has 0 atom stereocenters. The molecule has 0 fully saturated rings. The van der Waals surface area contributed by atoms with E-state index in [1.54, 1.807) is 6.20 Å². The maximum Gasteiger partial charge on any atom is 0.0532 e. The Kier molecular flexibility index (Phi) is 3.98. The van der Waals surface area contributed by atoms with Gasteiger partial charge in [0.15, 0.2) is 0 Å². The Morgan fingerprint density at radius 2 is 2.25 bits per heavy atom. The average molecular weight is 301 g/mol. The molecule has 0 saturated carbocycles. The first-order valence-electron chi connectivity index (χ1n) is 4.88. The van der Waals surface area contributed by atoms with Crippen molar-refractivity contribution in [1.29, 1.82) is 0 Å². The number of halogens is 2. The molecule has 16 heavy (non-hydrogen) atoms. The molecule has 0 saturated heterocycles.